The highest BCUT2D eigenvalue weighted by Gasteiger charge is 2.28. The topological polar surface area (TPSA) is 98.7 Å². The van der Waals surface area contributed by atoms with Gasteiger partial charge in [-0.1, -0.05) is 11.6 Å². The second kappa shape index (κ2) is 8.20. The normalized spacial score (nSPS) is 16.5. The molecule has 0 saturated carbocycles. The molecule has 1 aliphatic rings. The van der Waals surface area contributed by atoms with E-state index in [1.165, 1.54) is 16.5 Å². The van der Waals surface area contributed by atoms with Crippen LogP contribution in [0.1, 0.15) is 29.1 Å². The third-order valence-electron chi connectivity index (χ3n) is 5.66. The van der Waals surface area contributed by atoms with Crippen LogP contribution in [0.25, 0.3) is 16.9 Å². The quantitative estimate of drug-likeness (QED) is 0.449. The summed E-state index contributed by atoms with van der Waals surface area (Å²) in [6.45, 7) is 6.43. The zero-order valence-corrected chi connectivity index (χ0v) is 18.9. The lowest BCUT2D eigenvalue weighted by Gasteiger charge is -2.32. The van der Waals surface area contributed by atoms with E-state index in [-0.39, 0.29) is 27.5 Å². The third kappa shape index (κ3) is 3.85. The zero-order valence-electron chi connectivity index (χ0n) is 18.2. The molecule has 0 spiro atoms. The van der Waals surface area contributed by atoms with Gasteiger partial charge in [0, 0.05) is 35.3 Å². The standard InChI is InChI=1S/C22H20ClFN6O3/c1-11-12(2)25-20-19(15-5-4-14(23)8-16(15)24)26-18(10-30(20)22(11)31)29-6-7-32-17(9-29)21-28-27-13(3)33-21/h4-5,8,10,17H,6-7,9H2,1-3H3/t17-/m0/s1. The predicted molar refractivity (Wildman–Crippen MR) is 119 cm³/mol. The van der Waals surface area contributed by atoms with Gasteiger partial charge in [0.15, 0.2) is 11.8 Å². The maximum absolute atomic E-state index is 14.9. The number of hydrogen-bond acceptors (Lipinski definition) is 8. The Labute approximate surface area is 192 Å². The molecule has 3 aromatic heterocycles. The number of rotatable bonds is 3. The molecule has 1 fully saturated rings. The zero-order chi connectivity index (χ0) is 23.3. The van der Waals surface area contributed by atoms with Crippen molar-refractivity contribution in [3.05, 3.63) is 68.6 Å². The van der Waals surface area contributed by atoms with Crippen LogP contribution >= 0.6 is 11.6 Å². The molecule has 4 aromatic rings. The highest BCUT2D eigenvalue weighted by molar-refractivity contribution is 6.30. The second-order valence-electron chi connectivity index (χ2n) is 7.86. The molecular weight excluding hydrogens is 451 g/mol. The number of nitrogens with zero attached hydrogens (tertiary/aromatic N) is 6. The van der Waals surface area contributed by atoms with Crippen molar-refractivity contribution in [2.75, 3.05) is 24.6 Å². The van der Waals surface area contributed by atoms with Crippen molar-refractivity contribution < 1.29 is 13.5 Å². The maximum atomic E-state index is 14.9. The van der Waals surface area contributed by atoms with Crippen LogP contribution in [-0.4, -0.2) is 44.3 Å². The Morgan fingerprint density at radius 3 is 2.73 bits per heavy atom. The summed E-state index contributed by atoms with van der Waals surface area (Å²) in [5, 5.41) is 8.18. The van der Waals surface area contributed by atoms with Crippen molar-refractivity contribution in [1.82, 2.24) is 24.6 Å². The Morgan fingerprint density at radius 2 is 2.00 bits per heavy atom. The molecule has 0 N–H and O–H groups in total. The Morgan fingerprint density at radius 1 is 1.18 bits per heavy atom. The van der Waals surface area contributed by atoms with Crippen LogP contribution in [-0.2, 0) is 4.74 Å². The molecule has 5 rings (SSSR count). The first-order valence-corrected chi connectivity index (χ1v) is 10.7. The molecule has 1 saturated heterocycles. The molecule has 0 aliphatic carbocycles. The van der Waals surface area contributed by atoms with E-state index in [9.17, 15) is 9.18 Å². The number of anilines is 1. The third-order valence-corrected chi connectivity index (χ3v) is 5.90. The molecule has 1 aliphatic heterocycles. The fourth-order valence-corrected chi connectivity index (χ4v) is 3.95. The maximum Gasteiger partial charge on any atom is 0.261 e. The lowest BCUT2D eigenvalue weighted by Crippen LogP contribution is -2.39. The number of hydrogen-bond donors (Lipinski definition) is 0. The van der Waals surface area contributed by atoms with Gasteiger partial charge in [0.1, 0.15) is 17.3 Å². The lowest BCUT2D eigenvalue weighted by molar-refractivity contribution is 0.0214. The van der Waals surface area contributed by atoms with Gasteiger partial charge in [-0.3, -0.25) is 9.20 Å². The van der Waals surface area contributed by atoms with Crippen LogP contribution < -0.4 is 10.5 Å². The summed E-state index contributed by atoms with van der Waals surface area (Å²) in [7, 11) is 0. The van der Waals surface area contributed by atoms with Crippen LogP contribution in [0.15, 0.2) is 33.6 Å². The van der Waals surface area contributed by atoms with Gasteiger partial charge >= 0.3 is 0 Å². The number of aromatic nitrogens is 5. The summed E-state index contributed by atoms with van der Waals surface area (Å²) in [4.78, 5) is 24.3. The first kappa shape index (κ1) is 21.5. The lowest BCUT2D eigenvalue weighted by atomic mass is 10.1. The van der Waals surface area contributed by atoms with Gasteiger partial charge in [-0.25, -0.2) is 14.4 Å². The van der Waals surface area contributed by atoms with Crippen molar-refractivity contribution in [2.45, 2.75) is 26.9 Å². The summed E-state index contributed by atoms with van der Waals surface area (Å²) >= 11 is 5.95. The van der Waals surface area contributed by atoms with Crippen LogP contribution in [0.5, 0.6) is 0 Å². The van der Waals surface area contributed by atoms with E-state index < -0.39 is 11.9 Å². The predicted octanol–water partition coefficient (Wildman–Crippen LogP) is 3.44. The van der Waals surface area contributed by atoms with E-state index in [0.717, 1.165) is 0 Å². The van der Waals surface area contributed by atoms with Crippen LogP contribution in [0.2, 0.25) is 5.02 Å². The molecule has 0 unspecified atom stereocenters. The van der Waals surface area contributed by atoms with E-state index in [0.29, 0.717) is 48.6 Å². The van der Waals surface area contributed by atoms with Crippen molar-refractivity contribution in [3.63, 3.8) is 0 Å². The number of aryl methyl sites for hydroxylation is 2. The fourth-order valence-electron chi connectivity index (χ4n) is 3.79. The van der Waals surface area contributed by atoms with Crippen molar-refractivity contribution in [3.8, 4) is 11.3 Å². The summed E-state index contributed by atoms with van der Waals surface area (Å²) in [6.07, 6.45) is 1.17. The minimum atomic E-state index is -0.553. The number of ether oxygens (including phenoxy) is 1. The van der Waals surface area contributed by atoms with Crippen molar-refractivity contribution >= 4 is 23.1 Å². The smallest absolute Gasteiger partial charge is 0.261 e. The fraction of sp³-hybridized carbons (Fsp3) is 0.318. The molecule has 1 aromatic carbocycles. The molecule has 11 heteroatoms. The molecule has 0 bridgehead atoms. The summed E-state index contributed by atoms with van der Waals surface area (Å²) in [5.74, 6) is 0.733. The average molecular weight is 471 g/mol. The number of benzene rings is 1. The van der Waals surface area contributed by atoms with E-state index in [4.69, 9.17) is 25.7 Å². The monoisotopic (exact) mass is 470 g/mol. The summed E-state index contributed by atoms with van der Waals surface area (Å²) < 4.78 is 27.6. The van der Waals surface area contributed by atoms with E-state index in [1.807, 2.05) is 4.90 Å². The Kier molecular flexibility index (Phi) is 5.34. The molecule has 1 atom stereocenters. The molecule has 9 nitrogen and oxygen atoms in total. The Hall–Kier alpha value is -3.37. The van der Waals surface area contributed by atoms with E-state index in [2.05, 4.69) is 15.2 Å². The average Bonchev–Trinajstić information content (AvgIpc) is 3.24. The number of morpholine rings is 1. The van der Waals surface area contributed by atoms with Crippen LogP contribution in [0.3, 0.4) is 0 Å². The Bertz CT molecular complexity index is 1440. The van der Waals surface area contributed by atoms with E-state index >= 15 is 0 Å². The molecule has 33 heavy (non-hydrogen) atoms. The van der Waals surface area contributed by atoms with Gasteiger partial charge in [-0.15, -0.1) is 10.2 Å². The summed E-state index contributed by atoms with van der Waals surface area (Å²) in [6, 6.07) is 4.32. The molecule has 0 radical (unpaired) electrons. The van der Waals surface area contributed by atoms with Gasteiger partial charge in [-0.05, 0) is 32.0 Å². The van der Waals surface area contributed by atoms with Crippen LogP contribution in [0, 0.1) is 26.6 Å². The highest BCUT2D eigenvalue weighted by Crippen LogP contribution is 2.30. The molecule has 0 amide bonds. The minimum Gasteiger partial charge on any atom is -0.423 e. The van der Waals surface area contributed by atoms with Gasteiger partial charge in [0.2, 0.25) is 11.8 Å². The number of fused-ring (bicyclic) bond motifs is 1. The van der Waals surface area contributed by atoms with Gasteiger partial charge < -0.3 is 14.1 Å². The first-order valence-electron chi connectivity index (χ1n) is 10.3. The van der Waals surface area contributed by atoms with Gasteiger partial charge in [0.05, 0.1) is 19.3 Å². The molecule has 170 valence electrons. The largest absolute Gasteiger partial charge is 0.423 e. The van der Waals surface area contributed by atoms with Crippen LogP contribution in [0.4, 0.5) is 10.2 Å². The second-order valence-corrected chi connectivity index (χ2v) is 8.29. The SMILES string of the molecule is Cc1nnc([C@@H]2CN(c3cn4c(=O)c(C)c(C)nc4c(-c4ccc(Cl)cc4F)n3)CCO2)o1. The van der Waals surface area contributed by atoms with Gasteiger partial charge in [-0.2, -0.15) is 0 Å². The van der Waals surface area contributed by atoms with Crippen molar-refractivity contribution in [1.29, 1.82) is 0 Å². The molecule has 4 heterocycles. The van der Waals surface area contributed by atoms with E-state index in [1.54, 1.807) is 33.0 Å². The minimum absolute atomic E-state index is 0.200. The number of halogens is 2. The first-order chi connectivity index (χ1) is 15.8. The van der Waals surface area contributed by atoms with Gasteiger partial charge in [0.25, 0.3) is 5.56 Å². The summed E-state index contributed by atoms with van der Waals surface area (Å²) in [5.41, 5.74) is 1.54. The molecular formula is C22H20ClFN6O3. The highest BCUT2D eigenvalue weighted by atomic mass is 35.5. The van der Waals surface area contributed by atoms with Crippen molar-refractivity contribution in [2.24, 2.45) is 0 Å². The Balaban J connectivity index is 1.67.